The summed E-state index contributed by atoms with van der Waals surface area (Å²) in [5.74, 6) is -0.483. The van der Waals surface area contributed by atoms with Gasteiger partial charge in [-0.3, -0.25) is 0 Å². The van der Waals surface area contributed by atoms with Crippen molar-refractivity contribution in [3.8, 4) is 0 Å². The minimum Gasteiger partial charge on any atom is -0.396 e. The molecule has 0 aliphatic heterocycles. The van der Waals surface area contributed by atoms with E-state index in [1.807, 2.05) is 0 Å². The maximum Gasteiger partial charge on any atom is 0.146 e. The Balaban J connectivity index is 3.05. The Kier molecular flexibility index (Phi) is 2.10. The molecule has 0 amide bonds. The normalized spacial score (nSPS) is 13.0. The van der Waals surface area contributed by atoms with Crippen LogP contribution in [0.4, 0.5) is 10.1 Å². The molecule has 3 N–H and O–H groups in total. The van der Waals surface area contributed by atoms with Crippen molar-refractivity contribution in [2.24, 2.45) is 0 Å². The molecule has 1 aromatic rings. The number of nitrogen functional groups attached to an aromatic ring is 1. The van der Waals surface area contributed by atoms with Gasteiger partial charge in [-0.1, -0.05) is 6.07 Å². The van der Waals surface area contributed by atoms with Gasteiger partial charge in [-0.25, -0.2) is 4.39 Å². The fourth-order valence-corrected chi connectivity index (χ4v) is 0.803. The van der Waals surface area contributed by atoms with Crippen LogP contribution < -0.4 is 5.73 Å². The molecule has 0 heterocycles. The second-order valence-corrected chi connectivity index (χ2v) is 2.46. The highest BCUT2D eigenvalue weighted by Gasteiger charge is 2.03. The first-order valence-electron chi connectivity index (χ1n) is 3.34. The molecule has 0 aliphatic carbocycles. The summed E-state index contributed by atoms with van der Waals surface area (Å²) < 4.78 is 12.7. The van der Waals surface area contributed by atoms with Crippen LogP contribution in [0.2, 0.25) is 0 Å². The fraction of sp³-hybridized carbons (Fsp3) is 0.250. The number of benzene rings is 1. The molecule has 1 aromatic carbocycles. The molecule has 0 fully saturated rings. The molecule has 1 atom stereocenters. The van der Waals surface area contributed by atoms with Crippen molar-refractivity contribution >= 4 is 5.69 Å². The molecule has 60 valence electrons. The molecule has 1 rings (SSSR count). The Hall–Kier alpha value is -1.09. The van der Waals surface area contributed by atoms with Gasteiger partial charge in [0.15, 0.2) is 0 Å². The lowest BCUT2D eigenvalue weighted by Gasteiger charge is -2.04. The highest BCUT2D eigenvalue weighted by atomic mass is 19.1. The average molecular weight is 155 g/mol. The Bertz CT molecular complexity index is 260. The van der Waals surface area contributed by atoms with E-state index in [1.165, 1.54) is 12.1 Å². The predicted molar refractivity (Wildman–Crippen MR) is 41.4 cm³/mol. The molecule has 3 heteroatoms. The number of aliphatic hydroxyl groups is 1. The fourth-order valence-electron chi connectivity index (χ4n) is 0.803. The quantitative estimate of drug-likeness (QED) is 0.603. The Morgan fingerprint density at radius 2 is 2.18 bits per heavy atom. The molecule has 11 heavy (non-hydrogen) atoms. The first-order valence-corrected chi connectivity index (χ1v) is 3.34. The third-order valence-electron chi connectivity index (χ3n) is 1.51. The summed E-state index contributed by atoms with van der Waals surface area (Å²) in [5.41, 5.74) is 5.88. The number of aliphatic hydroxyl groups excluding tert-OH is 1. The minimum absolute atomic E-state index is 0.106. The van der Waals surface area contributed by atoms with E-state index in [4.69, 9.17) is 10.8 Å². The maximum atomic E-state index is 12.7. The van der Waals surface area contributed by atoms with Gasteiger partial charge in [0.2, 0.25) is 0 Å². The van der Waals surface area contributed by atoms with Gasteiger partial charge < -0.3 is 10.8 Å². The van der Waals surface area contributed by atoms with Gasteiger partial charge >= 0.3 is 0 Å². The first kappa shape index (κ1) is 8.01. The van der Waals surface area contributed by atoms with E-state index >= 15 is 0 Å². The lowest BCUT2D eigenvalue weighted by Crippen LogP contribution is -1.95. The second kappa shape index (κ2) is 2.88. The number of hydrogen-bond donors (Lipinski definition) is 2. The summed E-state index contributed by atoms with van der Waals surface area (Å²) in [7, 11) is 0. The van der Waals surface area contributed by atoms with Crippen molar-refractivity contribution in [3.05, 3.63) is 29.6 Å². The van der Waals surface area contributed by atoms with Crippen LogP contribution in [0.25, 0.3) is 0 Å². The van der Waals surface area contributed by atoms with Gasteiger partial charge in [-0.05, 0) is 24.6 Å². The van der Waals surface area contributed by atoms with Gasteiger partial charge in [0.05, 0.1) is 11.8 Å². The van der Waals surface area contributed by atoms with E-state index in [9.17, 15) is 4.39 Å². The molecule has 0 bridgehead atoms. The lowest BCUT2D eigenvalue weighted by molar-refractivity contribution is 0.199. The third-order valence-corrected chi connectivity index (χ3v) is 1.51. The highest BCUT2D eigenvalue weighted by molar-refractivity contribution is 5.41. The van der Waals surface area contributed by atoms with E-state index in [2.05, 4.69) is 0 Å². The lowest BCUT2D eigenvalue weighted by atomic mass is 10.1. The number of rotatable bonds is 1. The van der Waals surface area contributed by atoms with Crippen molar-refractivity contribution in [3.63, 3.8) is 0 Å². The standard InChI is InChI=1S/C8H10FNO/c1-5(11)6-2-3-8(10)7(9)4-6/h2-5,11H,10H2,1H3/t5-/m0/s1. The van der Waals surface area contributed by atoms with Crippen LogP contribution >= 0.6 is 0 Å². The van der Waals surface area contributed by atoms with Crippen molar-refractivity contribution in [1.29, 1.82) is 0 Å². The first-order chi connectivity index (χ1) is 5.11. The van der Waals surface area contributed by atoms with Crippen LogP contribution in [0.15, 0.2) is 18.2 Å². The minimum atomic E-state index is -0.648. The second-order valence-electron chi connectivity index (χ2n) is 2.46. The molecule has 0 aromatic heterocycles. The number of hydrogen-bond acceptors (Lipinski definition) is 2. The van der Waals surface area contributed by atoms with E-state index < -0.39 is 11.9 Å². The molecule has 0 unspecified atom stereocenters. The Morgan fingerprint density at radius 1 is 1.55 bits per heavy atom. The third kappa shape index (κ3) is 1.68. The SMILES string of the molecule is C[C@H](O)c1ccc(N)c(F)c1. The molecule has 0 saturated carbocycles. The molecule has 0 spiro atoms. The van der Waals surface area contributed by atoms with Crippen LogP contribution in [0.1, 0.15) is 18.6 Å². The molecule has 0 radical (unpaired) electrons. The molecular weight excluding hydrogens is 145 g/mol. The zero-order valence-electron chi connectivity index (χ0n) is 6.21. The van der Waals surface area contributed by atoms with E-state index in [-0.39, 0.29) is 5.69 Å². The Labute approximate surface area is 64.5 Å². The van der Waals surface area contributed by atoms with Crippen LogP contribution in [-0.4, -0.2) is 5.11 Å². The molecular formula is C8H10FNO. The largest absolute Gasteiger partial charge is 0.396 e. The van der Waals surface area contributed by atoms with Gasteiger partial charge in [0.25, 0.3) is 0 Å². The smallest absolute Gasteiger partial charge is 0.146 e. The summed E-state index contributed by atoms with van der Waals surface area (Å²) in [6, 6.07) is 4.28. The zero-order chi connectivity index (χ0) is 8.43. The summed E-state index contributed by atoms with van der Waals surface area (Å²) in [6.45, 7) is 1.57. The van der Waals surface area contributed by atoms with E-state index in [0.717, 1.165) is 0 Å². The summed E-state index contributed by atoms with van der Waals surface area (Å²) in [4.78, 5) is 0. The Morgan fingerprint density at radius 3 is 2.64 bits per heavy atom. The molecule has 2 nitrogen and oxygen atoms in total. The summed E-state index contributed by atoms with van der Waals surface area (Å²) in [5, 5.41) is 9.03. The number of nitrogens with two attached hydrogens (primary N) is 1. The summed E-state index contributed by atoms with van der Waals surface area (Å²) in [6.07, 6.45) is -0.648. The van der Waals surface area contributed by atoms with Crippen molar-refractivity contribution < 1.29 is 9.50 Å². The van der Waals surface area contributed by atoms with Crippen molar-refractivity contribution in [2.45, 2.75) is 13.0 Å². The average Bonchev–Trinajstić information content (AvgIpc) is 1.94. The van der Waals surface area contributed by atoms with Crippen LogP contribution in [0.5, 0.6) is 0 Å². The predicted octanol–water partition coefficient (Wildman–Crippen LogP) is 1.46. The van der Waals surface area contributed by atoms with Gasteiger partial charge in [0.1, 0.15) is 5.82 Å². The number of anilines is 1. The van der Waals surface area contributed by atoms with E-state index in [0.29, 0.717) is 5.56 Å². The monoisotopic (exact) mass is 155 g/mol. The van der Waals surface area contributed by atoms with Crippen molar-refractivity contribution in [2.75, 3.05) is 5.73 Å². The zero-order valence-corrected chi connectivity index (χ0v) is 6.21. The summed E-state index contributed by atoms with van der Waals surface area (Å²) >= 11 is 0. The van der Waals surface area contributed by atoms with Crippen LogP contribution in [0.3, 0.4) is 0 Å². The van der Waals surface area contributed by atoms with Crippen molar-refractivity contribution in [1.82, 2.24) is 0 Å². The van der Waals surface area contributed by atoms with Gasteiger partial charge in [0, 0.05) is 0 Å². The van der Waals surface area contributed by atoms with Gasteiger partial charge in [-0.15, -0.1) is 0 Å². The maximum absolute atomic E-state index is 12.7. The highest BCUT2D eigenvalue weighted by Crippen LogP contribution is 2.17. The van der Waals surface area contributed by atoms with Gasteiger partial charge in [-0.2, -0.15) is 0 Å². The van der Waals surface area contributed by atoms with E-state index in [1.54, 1.807) is 13.0 Å². The number of halogens is 1. The van der Waals surface area contributed by atoms with Crippen LogP contribution in [0, 0.1) is 5.82 Å². The topological polar surface area (TPSA) is 46.2 Å². The molecule has 0 aliphatic rings. The molecule has 0 saturated heterocycles. The van der Waals surface area contributed by atoms with Crippen LogP contribution in [-0.2, 0) is 0 Å².